The molecular formula is C16H20F3N5O2. The van der Waals surface area contributed by atoms with Crippen LogP contribution in [0.25, 0.3) is 0 Å². The van der Waals surface area contributed by atoms with E-state index in [4.69, 9.17) is 0 Å². The molecule has 2 aliphatic heterocycles. The Morgan fingerprint density at radius 2 is 1.96 bits per heavy atom. The van der Waals surface area contributed by atoms with Crippen molar-refractivity contribution in [1.29, 1.82) is 0 Å². The fourth-order valence-electron chi connectivity index (χ4n) is 3.20. The fourth-order valence-corrected chi connectivity index (χ4v) is 3.20. The third-order valence-electron chi connectivity index (χ3n) is 4.74. The highest BCUT2D eigenvalue weighted by Crippen LogP contribution is 2.29. The van der Waals surface area contributed by atoms with Crippen LogP contribution in [0.15, 0.2) is 12.4 Å². The lowest BCUT2D eigenvalue weighted by Crippen LogP contribution is -2.49. The Morgan fingerprint density at radius 3 is 2.58 bits per heavy atom. The summed E-state index contributed by atoms with van der Waals surface area (Å²) in [5, 5.41) is 5.66. The second kappa shape index (κ2) is 7.46. The molecule has 0 aromatic carbocycles. The molecule has 10 heteroatoms. The van der Waals surface area contributed by atoms with Gasteiger partial charge in [0.25, 0.3) is 0 Å². The number of alkyl halides is 3. The molecule has 0 bridgehead atoms. The van der Waals surface area contributed by atoms with Crippen molar-refractivity contribution >= 4 is 17.6 Å². The van der Waals surface area contributed by atoms with Gasteiger partial charge >= 0.3 is 6.18 Å². The van der Waals surface area contributed by atoms with Gasteiger partial charge in [-0.15, -0.1) is 0 Å². The van der Waals surface area contributed by atoms with Crippen molar-refractivity contribution < 1.29 is 22.8 Å². The zero-order valence-electron chi connectivity index (χ0n) is 14.1. The number of carbonyl (C=O) groups is 2. The maximum Gasteiger partial charge on any atom is 0.433 e. The van der Waals surface area contributed by atoms with E-state index in [9.17, 15) is 22.8 Å². The first-order valence-corrected chi connectivity index (χ1v) is 8.54. The topological polar surface area (TPSA) is 87.2 Å². The maximum absolute atomic E-state index is 12.8. The number of hydrogen-bond acceptors (Lipinski definition) is 5. The van der Waals surface area contributed by atoms with Crippen LogP contribution in [0.5, 0.6) is 0 Å². The molecule has 2 amide bonds. The third-order valence-corrected chi connectivity index (χ3v) is 4.74. The van der Waals surface area contributed by atoms with Crippen molar-refractivity contribution in [1.82, 2.24) is 20.6 Å². The minimum Gasteiger partial charge on any atom is -0.356 e. The van der Waals surface area contributed by atoms with Crippen molar-refractivity contribution in [3.63, 3.8) is 0 Å². The SMILES string of the molecule is O=C1CC[C@H](C(=O)NC2CCN(c3cc(C(F)(F)F)ncn3)CC2)CN1. The van der Waals surface area contributed by atoms with E-state index >= 15 is 0 Å². The molecule has 2 N–H and O–H groups in total. The fraction of sp³-hybridized carbons (Fsp3) is 0.625. The maximum atomic E-state index is 12.8. The van der Waals surface area contributed by atoms with Crippen LogP contribution in [0.1, 0.15) is 31.4 Å². The average molecular weight is 371 g/mol. The average Bonchev–Trinajstić information content (AvgIpc) is 2.62. The van der Waals surface area contributed by atoms with E-state index in [1.165, 1.54) is 0 Å². The lowest BCUT2D eigenvalue weighted by Gasteiger charge is -2.34. The standard InChI is InChI=1S/C16H20F3N5O2/c17-16(18,19)12-7-13(22-9-21-12)24-5-3-11(4-6-24)23-15(26)10-1-2-14(25)20-8-10/h7,9-11H,1-6,8H2,(H,20,25)(H,23,26)/t10-/m0/s1. The van der Waals surface area contributed by atoms with Crippen LogP contribution >= 0.6 is 0 Å². The first kappa shape index (κ1) is 18.4. The van der Waals surface area contributed by atoms with Crippen LogP contribution < -0.4 is 15.5 Å². The van der Waals surface area contributed by atoms with Crippen LogP contribution in [0.4, 0.5) is 19.0 Å². The van der Waals surface area contributed by atoms with Crippen LogP contribution in [0.2, 0.25) is 0 Å². The molecule has 0 unspecified atom stereocenters. The van der Waals surface area contributed by atoms with E-state index in [1.807, 2.05) is 0 Å². The van der Waals surface area contributed by atoms with Crippen molar-refractivity contribution in [2.45, 2.75) is 37.9 Å². The molecule has 142 valence electrons. The summed E-state index contributed by atoms with van der Waals surface area (Å²) in [5.74, 6) is -0.0932. The summed E-state index contributed by atoms with van der Waals surface area (Å²) in [6, 6.07) is 0.921. The Morgan fingerprint density at radius 1 is 1.23 bits per heavy atom. The van der Waals surface area contributed by atoms with Crippen molar-refractivity contribution in [3.8, 4) is 0 Å². The monoisotopic (exact) mass is 371 g/mol. The summed E-state index contributed by atoms with van der Waals surface area (Å²) >= 11 is 0. The normalized spacial score (nSPS) is 22.0. The summed E-state index contributed by atoms with van der Waals surface area (Å²) in [6.07, 6.45) is -1.45. The van der Waals surface area contributed by atoms with E-state index in [2.05, 4.69) is 20.6 Å². The number of nitrogens with zero attached hydrogens (tertiary/aromatic N) is 3. The van der Waals surface area contributed by atoms with Gasteiger partial charge in [0, 0.05) is 38.2 Å². The number of halogens is 3. The highest BCUT2D eigenvalue weighted by Gasteiger charge is 2.34. The van der Waals surface area contributed by atoms with Crippen molar-refractivity contribution in [2.24, 2.45) is 5.92 Å². The van der Waals surface area contributed by atoms with Gasteiger partial charge in [0.05, 0.1) is 5.92 Å². The Hall–Kier alpha value is -2.39. The number of piperidine rings is 2. The first-order chi connectivity index (χ1) is 12.3. The Kier molecular flexibility index (Phi) is 5.28. The van der Waals surface area contributed by atoms with Gasteiger partial charge in [0.1, 0.15) is 17.8 Å². The quantitative estimate of drug-likeness (QED) is 0.831. The van der Waals surface area contributed by atoms with Crippen LogP contribution in [0.3, 0.4) is 0 Å². The van der Waals surface area contributed by atoms with Crippen LogP contribution in [-0.2, 0) is 15.8 Å². The molecule has 1 atom stereocenters. The van der Waals surface area contributed by atoms with Gasteiger partial charge in [-0.2, -0.15) is 13.2 Å². The molecule has 2 saturated heterocycles. The number of nitrogens with one attached hydrogen (secondary N) is 2. The van der Waals surface area contributed by atoms with Gasteiger partial charge in [-0.05, 0) is 19.3 Å². The summed E-state index contributed by atoms with van der Waals surface area (Å²) in [6.45, 7) is 1.35. The van der Waals surface area contributed by atoms with Gasteiger partial charge in [0.2, 0.25) is 11.8 Å². The predicted octanol–water partition coefficient (Wildman–Crippen LogP) is 1.11. The van der Waals surface area contributed by atoms with Gasteiger partial charge in [0.15, 0.2) is 0 Å². The Balaban J connectivity index is 1.51. The summed E-state index contributed by atoms with van der Waals surface area (Å²) in [5.41, 5.74) is -0.961. The molecule has 0 radical (unpaired) electrons. The molecule has 3 rings (SSSR count). The highest BCUT2D eigenvalue weighted by molar-refractivity contribution is 5.83. The third kappa shape index (κ3) is 4.41. The number of anilines is 1. The highest BCUT2D eigenvalue weighted by atomic mass is 19.4. The van der Waals surface area contributed by atoms with E-state index in [-0.39, 0.29) is 29.6 Å². The molecule has 26 heavy (non-hydrogen) atoms. The zero-order chi connectivity index (χ0) is 18.7. The van der Waals surface area contributed by atoms with Gasteiger partial charge in [-0.1, -0.05) is 0 Å². The van der Waals surface area contributed by atoms with Crippen molar-refractivity contribution in [3.05, 3.63) is 18.1 Å². The molecule has 0 aliphatic carbocycles. The van der Waals surface area contributed by atoms with E-state index in [0.717, 1.165) is 12.4 Å². The van der Waals surface area contributed by atoms with Gasteiger partial charge in [-0.3, -0.25) is 9.59 Å². The molecule has 1 aromatic rings. The lowest BCUT2D eigenvalue weighted by atomic mass is 9.97. The molecule has 0 spiro atoms. The minimum absolute atomic E-state index is 0.0275. The second-order valence-corrected chi connectivity index (χ2v) is 6.57. The summed E-state index contributed by atoms with van der Waals surface area (Å²) in [4.78, 5) is 32.4. The van der Waals surface area contributed by atoms with E-state index in [0.29, 0.717) is 45.3 Å². The summed E-state index contributed by atoms with van der Waals surface area (Å²) < 4.78 is 38.3. The van der Waals surface area contributed by atoms with Gasteiger partial charge in [-0.25, -0.2) is 9.97 Å². The summed E-state index contributed by atoms with van der Waals surface area (Å²) in [7, 11) is 0. The molecule has 3 heterocycles. The Labute approximate surface area is 148 Å². The molecule has 7 nitrogen and oxygen atoms in total. The predicted molar refractivity (Wildman–Crippen MR) is 86.1 cm³/mol. The molecule has 0 saturated carbocycles. The number of rotatable bonds is 3. The molecular weight excluding hydrogens is 351 g/mol. The first-order valence-electron chi connectivity index (χ1n) is 8.54. The lowest BCUT2D eigenvalue weighted by molar-refractivity contribution is -0.141. The van der Waals surface area contributed by atoms with Crippen LogP contribution in [0, 0.1) is 5.92 Å². The molecule has 2 aliphatic rings. The zero-order valence-corrected chi connectivity index (χ0v) is 14.1. The number of carbonyl (C=O) groups excluding carboxylic acids is 2. The Bertz CT molecular complexity index is 664. The number of aromatic nitrogens is 2. The largest absolute Gasteiger partial charge is 0.433 e. The second-order valence-electron chi connectivity index (χ2n) is 6.57. The number of amides is 2. The van der Waals surface area contributed by atoms with E-state index < -0.39 is 11.9 Å². The van der Waals surface area contributed by atoms with Crippen molar-refractivity contribution in [2.75, 3.05) is 24.5 Å². The molecule has 2 fully saturated rings. The van der Waals surface area contributed by atoms with Gasteiger partial charge < -0.3 is 15.5 Å². The number of hydrogen-bond donors (Lipinski definition) is 2. The van der Waals surface area contributed by atoms with Crippen LogP contribution in [-0.4, -0.2) is 47.5 Å². The molecule has 1 aromatic heterocycles. The minimum atomic E-state index is -4.50. The smallest absolute Gasteiger partial charge is 0.356 e. The van der Waals surface area contributed by atoms with E-state index in [1.54, 1.807) is 4.90 Å².